The standard InChI is InChI=1S/C12H16Cl2N2/c1-2-16-12(11(14)8-15-16)9-5-3-4-6-10(13)7-9/h7-8,10H,2-6H2,1H3. The highest BCUT2D eigenvalue weighted by Crippen LogP contribution is 2.32. The number of aromatic nitrogens is 2. The van der Waals surface area contributed by atoms with Gasteiger partial charge in [0.05, 0.1) is 22.3 Å². The van der Waals surface area contributed by atoms with Crippen LogP contribution in [0.4, 0.5) is 0 Å². The van der Waals surface area contributed by atoms with E-state index < -0.39 is 0 Å². The van der Waals surface area contributed by atoms with Gasteiger partial charge in [0.25, 0.3) is 0 Å². The number of nitrogens with zero attached hydrogens (tertiary/aromatic N) is 2. The fourth-order valence-electron chi connectivity index (χ4n) is 2.16. The first kappa shape index (κ1) is 12.0. The molecule has 1 atom stereocenters. The highest BCUT2D eigenvalue weighted by atomic mass is 35.5. The summed E-state index contributed by atoms with van der Waals surface area (Å²) in [6, 6.07) is 0. The molecular weight excluding hydrogens is 243 g/mol. The molecule has 2 rings (SSSR count). The molecule has 16 heavy (non-hydrogen) atoms. The van der Waals surface area contributed by atoms with Crippen molar-refractivity contribution in [1.82, 2.24) is 9.78 Å². The van der Waals surface area contributed by atoms with Crippen molar-refractivity contribution in [3.05, 3.63) is 23.0 Å². The number of hydrogen-bond donors (Lipinski definition) is 0. The Kier molecular flexibility index (Phi) is 3.93. The lowest BCUT2D eigenvalue weighted by atomic mass is 10.1. The van der Waals surface area contributed by atoms with E-state index in [1.165, 1.54) is 18.4 Å². The van der Waals surface area contributed by atoms with E-state index in [0.29, 0.717) is 0 Å². The molecule has 88 valence electrons. The molecule has 0 aliphatic heterocycles. The van der Waals surface area contributed by atoms with Crippen LogP contribution in [0.3, 0.4) is 0 Å². The Labute approximate surface area is 106 Å². The Morgan fingerprint density at radius 2 is 2.31 bits per heavy atom. The van der Waals surface area contributed by atoms with E-state index in [2.05, 4.69) is 18.1 Å². The molecule has 0 saturated carbocycles. The van der Waals surface area contributed by atoms with Crippen LogP contribution in [-0.2, 0) is 6.54 Å². The van der Waals surface area contributed by atoms with Crippen molar-refractivity contribution >= 4 is 28.8 Å². The Hall–Kier alpha value is -0.470. The van der Waals surface area contributed by atoms with Crippen molar-refractivity contribution in [2.75, 3.05) is 0 Å². The minimum absolute atomic E-state index is 0.133. The normalized spacial score (nSPS) is 21.7. The number of halogens is 2. The molecule has 4 heteroatoms. The van der Waals surface area contributed by atoms with E-state index in [0.717, 1.165) is 30.1 Å². The van der Waals surface area contributed by atoms with Gasteiger partial charge in [0.1, 0.15) is 0 Å². The lowest BCUT2D eigenvalue weighted by Crippen LogP contribution is -2.03. The smallest absolute Gasteiger partial charge is 0.0862 e. The van der Waals surface area contributed by atoms with Gasteiger partial charge in [-0.05, 0) is 31.8 Å². The summed E-state index contributed by atoms with van der Waals surface area (Å²) in [4.78, 5) is 0. The molecule has 2 nitrogen and oxygen atoms in total. The predicted molar refractivity (Wildman–Crippen MR) is 69.0 cm³/mol. The third kappa shape index (κ3) is 2.44. The average Bonchev–Trinajstić information content (AvgIpc) is 2.50. The topological polar surface area (TPSA) is 17.8 Å². The van der Waals surface area contributed by atoms with Gasteiger partial charge in [0.15, 0.2) is 0 Å². The Morgan fingerprint density at radius 3 is 3.06 bits per heavy atom. The third-order valence-corrected chi connectivity index (χ3v) is 3.58. The van der Waals surface area contributed by atoms with E-state index in [1.807, 2.05) is 4.68 Å². The van der Waals surface area contributed by atoms with Gasteiger partial charge in [-0.2, -0.15) is 5.10 Å². The lowest BCUT2D eigenvalue weighted by Gasteiger charge is -2.09. The number of aryl methyl sites for hydroxylation is 1. The van der Waals surface area contributed by atoms with Gasteiger partial charge < -0.3 is 0 Å². The summed E-state index contributed by atoms with van der Waals surface area (Å²) in [5.74, 6) is 0. The van der Waals surface area contributed by atoms with Gasteiger partial charge >= 0.3 is 0 Å². The molecule has 1 aromatic heterocycles. The summed E-state index contributed by atoms with van der Waals surface area (Å²) < 4.78 is 1.95. The zero-order chi connectivity index (χ0) is 11.5. The summed E-state index contributed by atoms with van der Waals surface area (Å²) in [5, 5.41) is 5.13. The fraction of sp³-hybridized carbons (Fsp3) is 0.583. The molecule has 0 amide bonds. The van der Waals surface area contributed by atoms with E-state index in [4.69, 9.17) is 23.2 Å². The van der Waals surface area contributed by atoms with Crippen LogP contribution in [0.25, 0.3) is 5.57 Å². The molecule has 0 bridgehead atoms. The van der Waals surface area contributed by atoms with Crippen LogP contribution in [-0.4, -0.2) is 15.2 Å². The van der Waals surface area contributed by atoms with Crippen molar-refractivity contribution in [3.63, 3.8) is 0 Å². The Morgan fingerprint density at radius 1 is 1.50 bits per heavy atom. The molecule has 1 unspecified atom stereocenters. The van der Waals surface area contributed by atoms with Crippen LogP contribution < -0.4 is 0 Å². The summed E-state index contributed by atoms with van der Waals surface area (Å²) in [6.07, 6.45) is 8.34. The molecular formula is C12H16Cl2N2. The van der Waals surface area contributed by atoms with E-state index >= 15 is 0 Å². The van der Waals surface area contributed by atoms with Crippen molar-refractivity contribution in [2.45, 2.75) is 44.5 Å². The SMILES string of the molecule is CCn1ncc(Cl)c1C1=CC(Cl)CCCC1. The highest BCUT2D eigenvalue weighted by Gasteiger charge is 2.17. The van der Waals surface area contributed by atoms with Crippen LogP contribution in [0.5, 0.6) is 0 Å². The maximum atomic E-state index is 6.23. The van der Waals surface area contributed by atoms with Crippen molar-refractivity contribution in [2.24, 2.45) is 0 Å². The summed E-state index contributed by atoms with van der Waals surface area (Å²) >= 11 is 12.4. The maximum Gasteiger partial charge on any atom is 0.0862 e. The van der Waals surface area contributed by atoms with Gasteiger partial charge in [0.2, 0.25) is 0 Å². The number of alkyl halides is 1. The van der Waals surface area contributed by atoms with E-state index in [9.17, 15) is 0 Å². The van der Waals surface area contributed by atoms with Crippen LogP contribution in [0, 0.1) is 0 Å². The van der Waals surface area contributed by atoms with Crippen molar-refractivity contribution in [3.8, 4) is 0 Å². The number of rotatable bonds is 2. The second kappa shape index (κ2) is 5.24. The van der Waals surface area contributed by atoms with Crippen molar-refractivity contribution in [1.29, 1.82) is 0 Å². The first-order chi connectivity index (χ1) is 7.72. The van der Waals surface area contributed by atoms with Gasteiger partial charge in [-0.3, -0.25) is 4.68 Å². The van der Waals surface area contributed by atoms with Gasteiger partial charge in [0, 0.05) is 6.54 Å². The summed E-state index contributed by atoms with van der Waals surface area (Å²) in [5.41, 5.74) is 2.30. The molecule has 0 N–H and O–H groups in total. The number of allylic oxidation sites excluding steroid dienone is 2. The van der Waals surface area contributed by atoms with Gasteiger partial charge in [-0.15, -0.1) is 11.6 Å². The average molecular weight is 259 g/mol. The van der Waals surface area contributed by atoms with Gasteiger partial charge in [-0.1, -0.05) is 24.1 Å². The molecule has 1 aliphatic rings. The quantitative estimate of drug-likeness (QED) is 0.730. The molecule has 0 aromatic carbocycles. The molecule has 1 aliphatic carbocycles. The van der Waals surface area contributed by atoms with Crippen LogP contribution in [0.2, 0.25) is 5.02 Å². The van der Waals surface area contributed by atoms with Crippen LogP contribution >= 0.6 is 23.2 Å². The zero-order valence-electron chi connectivity index (χ0n) is 9.42. The third-order valence-electron chi connectivity index (χ3n) is 2.96. The first-order valence-corrected chi connectivity index (χ1v) is 6.60. The molecule has 0 spiro atoms. The second-order valence-electron chi connectivity index (χ2n) is 4.11. The fourth-order valence-corrected chi connectivity index (χ4v) is 2.73. The molecule has 0 fully saturated rings. The minimum Gasteiger partial charge on any atom is -0.264 e. The highest BCUT2D eigenvalue weighted by molar-refractivity contribution is 6.32. The first-order valence-electron chi connectivity index (χ1n) is 5.78. The predicted octanol–water partition coefficient (Wildman–Crippen LogP) is 4.12. The molecule has 1 heterocycles. The minimum atomic E-state index is 0.133. The van der Waals surface area contributed by atoms with Gasteiger partial charge in [-0.25, -0.2) is 0 Å². The van der Waals surface area contributed by atoms with Crippen LogP contribution in [0.15, 0.2) is 12.3 Å². The largest absolute Gasteiger partial charge is 0.264 e. The Bertz CT molecular complexity index is 396. The Balaban J connectivity index is 2.37. The summed E-state index contributed by atoms with van der Waals surface area (Å²) in [7, 11) is 0. The second-order valence-corrected chi connectivity index (χ2v) is 5.08. The van der Waals surface area contributed by atoms with Crippen LogP contribution in [0.1, 0.15) is 38.3 Å². The van der Waals surface area contributed by atoms with Crippen molar-refractivity contribution < 1.29 is 0 Å². The maximum absolute atomic E-state index is 6.23. The number of hydrogen-bond acceptors (Lipinski definition) is 1. The monoisotopic (exact) mass is 258 g/mol. The summed E-state index contributed by atoms with van der Waals surface area (Å²) in [6.45, 7) is 2.91. The molecule has 0 saturated heterocycles. The molecule has 1 aromatic rings. The van der Waals surface area contributed by atoms with E-state index in [-0.39, 0.29) is 5.38 Å². The zero-order valence-corrected chi connectivity index (χ0v) is 10.9. The lowest BCUT2D eigenvalue weighted by molar-refractivity contribution is 0.647. The molecule has 0 radical (unpaired) electrons. The van der Waals surface area contributed by atoms with E-state index in [1.54, 1.807) is 6.20 Å².